The third-order valence-corrected chi connectivity index (χ3v) is 4.78. The number of piperidine rings is 1. The number of rotatable bonds is 4. The SMILES string of the molecule is Cc1cccc(C(=O)N2CCC(NC(=O)c3ccccc3C(=O)O)CC2)c1. The largest absolute Gasteiger partial charge is 0.478 e. The van der Waals surface area contributed by atoms with Gasteiger partial charge >= 0.3 is 5.97 Å². The monoisotopic (exact) mass is 366 g/mol. The summed E-state index contributed by atoms with van der Waals surface area (Å²) in [6.45, 7) is 3.06. The third-order valence-electron chi connectivity index (χ3n) is 4.78. The number of hydrogen-bond donors (Lipinski definition) is 2. The standard InChI is InChI=1S/C21H22N2O4/c1-14-5-4-6-15(13-14)20(25)23-11-9-16(10-12-23)22-19(24)17-7-2-3-8-18(17)21(26)27/h2-8,13,16H,9-12H2,1H3,(H,22,24)(H,26,27). The molecule has 1 heterocycles. The summed E-state index contributed by atoms with van der Waals surface area (Å²) in [4.78, 5) is 38.1. The predicted octanol–water partition coefficient (Wildman–Crippen LogP) is 2.73. The average Bonchev–Trinajstić information content (AvgIpc) is 2.68. The molecule has 2 aromatic carbocycles. The molecule has 1 aliphatic rings. The summed E-state index contributed by atoms with van der Waals surface area (Å²) in [5.74, 6) is -1.52. The maximum atomic E-state index is 12.6. The zero-order chi connectivity index (χ0) is 19.4. The van der Waals surface area contributed by atoms with E-state index < -0.39 is 11.9 Å². The Kier molecular flexibility index (Phi) is 5.54. The van der Waals surface area contributed by atoms with Crippen molar-refractivity contribution in [3.63, 3.8) is 0 Å². The van der Waals surface area contributed by atoms with E-state index in [0.29, 0.717) is 31.5 Å². The van der Waals surface area contributed by atoms with Crippen LogP contribution in [0.2, 0.25) is 0 Å². The Morgan fingerprint density at radius 3 is 2.30 bits per heavy atom. The van der Waals surface area contributed by atoms with Gasteiger partial charge in [-0.2, -0.15) is 0 Å². The van der Waals surface area contributed by atoms with Gasteiger partial charge in [-0.3, -0.25) is 9.59 Å². The highest BCUT2D eigenvalue weighted by Gasteiger charge is 2.26. The van der Waals surface area contributed by atoms with Gasteiger partial charge in [0.25, 0.3) is 11.8 Å². The zero-order valence-electron chi connectivity index (χ0n) is 15.1. The van der Waals surface area contributed by atoms with E-state index >= 15 is 0 Å². The van der Waals surface area contributed by atoms with Crippen LogP contribution < -0.4 is 5.32 Å². The van der Waals surface area contributed by atoms with Crippen molar-refractivity contribution in [2.45, 2.75) is 25.8 Å². The molecule has 1 aliphatic heterocycles. The summed E-state index contributed by atoms with van der Waals surface area (Å²) in [5.41, 5.74) is 1.86. The lowest BCUT2D eigenvalue weighted by Crippen LogP contribution is -2.46. The Balaban J connectivity index is 1.59. The number of carboxylic acid groups (broad SMARTS) is 1. The average molecular weight is 366 g/mol. The van der Waals surface area contributed by atoms with Gasteiger partial charge in [-0.15, -0.1) is 0 Å². The fourth-order valence-corrected chi connectivity index (χ4v) is 3.32. The zero-order valence-corrected chi connectivity index (χ0v) is 15.1. The Labute approximate surface area is 157 Å². The van der Waals surface area contributed by atoms with Crippen molar-refractivity contribution < 1.29 is 19.5 Å². The molecule has 6 heteroatoms. The molecule has 2 amide bonds. The first-order valence-corrected chi connectivity index (χ1v) is 8.95. The molecule has 3 rings (SSSR count). The first-order valence-electron chi connectivity index (χ1n) is 8.95. The number of aromatic carboxylic acids is 1. The lowest BCUT2D eigenvalue weighted by atomic mass is 10.0. The Morgan fingerprint density at radius 1 is 1.00 bits per heavy atom. The summed E-state index contributed by atoms with van der Waals surface area (Å²) in [7, 11) is 0. The first-order chi connectivity index (χ1) is 13.0. The van der Waals surface area contributed by atoms with E-state index in [4.69, 9.17) is 0 Å². The maximum absolute atomic E-state index is 12.6. The van der Waals surface area contributed by atoms with Crippen LogP contribution in [0.25, 0.3) is 0 Å². The summed E-state index contributed by atoms with van der Waals surface area (Å²) in [6, 6.07) is 13.6. The van der Waals surface area contributed by atoms with Crippen LogP contribution in [-0.2, 0) is 0 Å². The van der Waals surface area contributed by atoms with Gasteiger partial charge in [0.1, 0.15) is 0 Å². The van der Waals surface area contributed by atoms with E-state index in [9.17, 15) is 19.5 Å². The van der Waals surface area contributed by atoms with Gasteiger partial charge in [-0.05, 0) is 44.0 Å². The van der Waals surface area contributed by atoms with Crippen molar-refractivity contribution in [1.82, 2.24) is 10.2 Å². The first kappa shape index (κ1) is 18.6. The van der Waals surface area contributed by atoms with Crippen molar-refractivity contribution >= 4 is 17.8 Å². The van der Waals surface area contributed by atoms with Crippen LogP contribution in [0.3, 0.4) is 0 Å². The lowest BCUT2D eigenvalue weighted by molar-refractivity contribution is 0.0675. The Bertz CT molecular complexity index is 870. The van der Waals surface area contributed by atoms with Crippen LogP contribution in [0, 0.1) is 6.92 Å². The molecule has 0 aliphatic carbocycles. The number of aryl methyl sites for hydroxylation is 1. The number of nitrogens with one attached hydrogen (secondary N) is 1. The highest BCUT2D eigenvalue weighted by atomic mass is 16.4. The second kappa shape index (κ2) is 8.03. The highest BCUT2D eigenvalue weighted by Crippen LogP contribution is 2.16. The van der Waals surface area contributed by atoms with Crippen molar-refractivity contribution in [3.8, 4) is 0 Å². The van der Waals surface area contributed by atoms with Crippen molar-refractivity contribution in [2.24, 2.45) is 0 Å². The molecule has 140 valence electrons. The molecule has 0 atom stereocenters. The molecule has 27 heavy (non-hydrogen) atoms. The Hall–Kier alpha value is -3.15. The van der Waals surface area contributed by atoms with E-state index in [1.54, 1.807) is 17.0 Å². The summed E-state index contributed by atoms with van der Waals surface area (Å²) >= 11 is 0. The molecule has 0 spiro atoms. The minimum Gasteiger partial charge on any atom is -0.478 e. The molecular weight excluding hydrogens is 344 g/mol. The van der Waals surface area contributed by atoms with E-state index in [1.165, 1.54) is 12.1 Å². The van der Waals surface area contributed by atoms with Crippen LogP contribution in [0.5, 0.6) is 0 Å². The van der Waals surface area contributed by atoms with Gasteiger partial charge in [0.05, 0.1) is 11.1 Å². The number of nitrogens with zero attached hydrogens (tertiary/aromatic N) is 1. The van der Waals surface area contributed by atoms with Gasteiger partial charge in [0.2, 0.25) is 0 Å². The number of carboxylic acids is 1. The number of likely N-dealkylation sites (tertiary alicyclic amines) is 1. The van der Waals surface area contributed by atoms with Crippen LogP contribution in [0.15, 0.2) is 48.5 Å². The van der Waals surface area contributed by atoms with E-state index in [2.05, 4.69) is 5.32 Å². The number of carbonyl (C=O) groups is 3. The van der Waals surface area contributed by atoms with Crippen LogP contribution in [0.4, 0.5) is 0 Å². The molecule has 0 unspecified atom stereocenters. The molecule has 0 aromatic heterocycles. The second-order valence-corrected chi connectivity index (χ2v) is 6.76. The number of benzene rings is 2. The van der Waals surface area contributed by atoms with Gasteiger partial charge < -0.3 is 15.3 Å². The molecule has 1 fully saturated rings. The summed E-state index contributed by atoms with van der Waals surface area (Å²) < 4.78 is 0. The van der Waals surface area contributed by atoms with Crippen molar-refractivity contribution in [2.75, 3.05) is 13.1 Å². The quantitative estimate of drug-likeness (QED) is 0.871. The Morgan fingerprint density at radius 2 is 1.67 bits per heavy atom. The molecule has 0 radical (unpaired) electrons. The van der Waals surface area contributed by atoms with Crippen molar-refractivity contribution in [3.05, 3.63) is 70.8 Å². The van der Waals surface area contributed by atoms with Crippen LogP contribution in [-0.4, -0.2) is 46.9 Å². The highest BCUT2D eigenvalue weighted by molar-refractivity contribution is 6.04. The minimum atomic E-state index is -1.13. The predicted molar refractivity (Wildman–Crippen MR) is 101 cm³/mol. The molecule has 2 aromatic rings. The second-order valence-electron chi connectivity index (χ2n) is 6.76. The lowest BCUT2D eigenvalue weighted by Gasteiger charge is -2.32. The molecule has 2 N–H and O–H groups in total. The summed E-state index contributed by atoms with van der Waals surface area (Å²) in [5, 5.41) is 12.1. The molecule has 0 bridgehead atoms. The third kappa shape index (κ3) is 4.34. The van der Waals surface area contributed by atoms with Crippen molar-refractivity contribution in [1.29, 1.82) is 0 Å². The number of hydrogen-bond acceptors (Lipinski definition) is 3. The summed E-state index contributed by atoms with van der Waals surface area (Å²) in [6.07, 6.45) is 1.27. The number of carbonyl (C=O) groups excluding carboxylic acids is 2. The molecule has 0 saturated carbocycles. The topological polar surface area (TPSA) is 86.7 Å². The normalized spacial score (nSPS) is 14.6. The smallest absolute Gasteiger partial charge is 0.336 e. The van der Waals surface area contributed by atoms with E-state index in [-0.39, 0.29) is 23.1 Å². The van der Waals surface area contributed by atoms with E-state index in [0.717, 1.165) is 5.56 Å². The van der Waals surface area contributed by atoms with Gasteiger partial charge in [0.15, 0.2) is 0 Å². The molecule has 6 nitrogen and oxygen atoms in total. The molecule has 1 saturated heterocycles. The van der Waals surface area contributed by atoms with Gasteiger partial charge in [-0.25, -0.2) is 4.79 Å². The molecular formula is C21H22N2O4. The van der Waals surface area contributed by atoms with Gasteiger partial charge in [-0.1, -0.05) is 29.8 Å². The number of amides is 2. The maximum Gasteiger partial charge on any atom is 0.336 e. The van der Waals surface area contributed by atoms with E-state index in [1.807, 2.05) is 31.2 Å². The van der Waals surface area contributed by atoms with Crippen LogP contribution >= 0.6 is 0 Å². The van der Waals surface area contributed by atoms with Crippen LogP contribution in [0.1, 0.15) is 49.5 Å². The fraction of sp³-hybridized carbons (Fsp3) is 0.286. The fourth-order valence-electron chi connectivity index (χ4n) is 3.32. The van der Waals surface area contributed by atoms with Gasteiger partial charge in [0, 0.05) is 24.7 Å². The minimum absolute atomic E-state index is 0.000278.